The normalized spacial score (nSPS) is 11.5. The van der Waals surface area contributed by atoms with E-state index >= 15 is 0 Å². The lowest BCUT2D eigenvalue weighted by Gasteiger charge is -2.21. The van der Waals surface area contributed by atoms with Crippen LogP contribution in [0.1, 0.15) is 31.9 Å². The number of aryl methyl sites for hydroxylation is 1. The van der Waals surface area contributed by atoms with Crippen LogP contribution in [-0.4, -0.2) is 10.5 Å². The maximum absolute atomic E-state index is 6.18. The molecule has 0 bridgehead atoms. The van der Waals surface area contributed by atoms with Crippen molar-refractivity contribution in [1.29, 1.82) is 0 Å². The van der Waals surface area contributed by atoms with E-state index in [0.29, 0.717) is 23.2 Å². The van der Waals surface area contributed by atoms with Crippen molar-refractivity contribution >= 4 is 11.6 Å². The molecule has 0 aliphatic heterocycles. The fraction of sp³-hybridized carbons (Fsp3) is 0.353. The Bertz CT molecular complexity index is 620. The molecule has 0 radical (unpaired) electrons. The lowest BCUT2D eigenvalue weighted by atomic mass is 10.1. The van der Waals surface area contributed by atoms with Crippen LogP contribution in [0.2, 0.25) is 5.02 Å². The second-order valence-corrected chi connectivity index (χ2v) is 6.51. The molecule has 2 aromatic rings. The quantitative estimate of drug-likeness (QED) is 0.887. The minimum atomic E-state index is 0.0358. The molecule has 1 N–H and O–H groups in total. The van der Waals surface area contributed by atoms with Gasteiger partial charge in [0.15, 0.2) is 0 Å². The largest absolute Gasteiger partial charge is 0.437 e. The molecule has 0 unspecified atom stereocenters. The number of nitrogens with one attached hydrogen (secondary N) is 1. The highest BCUT2D eigenvalue weighted by Crippen LogP contribution is 2.30. The number of nitrogens with zero attached hydrogens (tertiary/aromatic N) is 1. The van der Waals surface area contributed by atoms with Crippen molar-refractivity contribution in [1.82, 2.24) is 10.3 Å². The van der Waals surface area contributed by atoms with Crippen molar-refractivity contribution in [2.24, 2.45) is 0 Å². The Morgan fingerprint density at radius 2 is 2.00 bits per heavy atom. The molecule has 0 amide bonds. The zero-order valence-corrected chi connectivity index (χ0v) is 13.7. The van der Waals surface area contributed by atoms with Crippen molar-refractivity contribution in [3.8, 4) is 11.6 Å². The number of rotatable bonds is 4. The summed E-state index contributed by atoms with van der Waals surface area (Å²) in [5.41, 5.74) is 2.14. The van der Waals surface area contributed by atoms with Crippen LogP contribution in [0.15, 0.2) is 36.5 Å². The van der Waals surface area contributed by atoms with Gasteiger partial charge in [0.2, 0.25) is 5.88 Å². The SMILES string of the molecule is Cc1ccc(Cl)c(Oc2ncccc2CNC(C)(C)C)c1. The highest BCUT2D eigenvalue weighted by Gasteiger charge is 2.13. The number of ether oxygens (including phenoxy) is 1. The van der Waals surface area contributed by atoms with E-state index in [1.54, 1.807) is 6.20 Å². The third-order valence-corrected chi connectivity index (χ3v) is 3.26. The molecule has 3 nitrogen and oxygen atoms in total. The summed E-state index contributed by atoms with van der Waals surface area (Å²) in [4.78, 5) is 4.32. The van der Waals surface area contributed by atoms with E-state index in [-0.39, 0.29) is 5.54 Å². The number of halogens is 1. The van der Waals surface area contributed by atoms with Gasteiger partial charge in [-0.05, 0) is 51.5 Å². The monoisotopic (exact) mass is 304 g/mol. The summed E-state index contributed by atoms with van der Waals surface area (Å²) in [5.74, 6) is 1.22. The molecular weight excluding hydrogens is 284 g/mol. The van der Waals surface area contributed by atoms with Crippen LogP contribution < -0.4 is 10.1 Å². The minimum absolute atomic E-state index is 0.0358. The summed E-state index contributed by atoms with van der Waals surface area (Å²) < 4.78 is 5.90. The summed E-state index contributed by atoms with van der Waals surface area (Å²) in [5, 5.41) is 4.02. The molecule has 112 valence electrons. The Hall–Kier alpha value is -1.58. The number of aromatic nitrogens is 1. The van der Waals surface area contributed by atoms with Gasteiger partial charge in [-0.25, -0.2) is 4.98 Å². The zero-order chi connectivity index (χ0) is 15.5. The van der Waals surface area contributed by atoms with Gasteiger partial charge in [0, 0.05) is 23.8 Å². The average Bonchev–Trinajstić information content (AvgIpc) is 2.41. The fourth-order valence-electron chi connectivity index (χ4n) is 1.80. The van der Waals surface area contributed by atoms with Gasteiger partial charge in [-0.15, -0.1) is 0 Å². The Balaban J connectivity index is 2.22. The van der Waals surface area contributed by atoms with Gasteiger partial charge in [-0.3, -0.25) is 0 Å². The van der Waals surface area contributed by atoms with E-state index in [0.717, 1.165) is 11.1 Å². The maximum atomic E-state index is 6.18. The van der Waals surface area contributed by atoms with E-state index in [1.165, 1.54) is 0 Å². The fourth-order valence-corrected chi connectivity index (χ4v) is 1.96. The molecule has 1 aromatic heterocycles. The van der Waals surface area contributed by atoms with Crippen LogP contribution >= 0.6 is 11.6 Å². The molecule has 4 heteroatoms. The van der Waals surface area contributed by atoms with E-state index < -0.39 is 0 Å². The van der Waals surface area contributed by atoms with Crippen LogP contribution in [0.3, 0.4) is 0 Å². The Kier molecular flexibility index (Phi) is 4.86. The second kappa shape index (κ2) is 6.46. The van der Waals surface area contributed by atoms with Crippen molar-refractivity contribution in [2.75, 3.05) is 0 Å². The molecule has 2 rings (SSSR count). The lowest BCUT2D eigenvalue weighted by Crippen LogP contribution is -2.35. The van der Waals surface area contributed by atoms with Gasteiger partial charge < -0.3 is 10.1 Å². The van der Waals surface area contributed by atoms with Crippen LogP contribution in [0, 0.1) is 6.92 Å². The summed E-state index contributed by atoms with van der Waals surface area (Å²) in [6.07, 6.45) is 1.72. The van der Waals surface area contributed by atoms with Gasteiger partial charge >= 0.3 is 0 Å². The predicted molar refractivity (Wildman–Crippen MR) is 87.1 cm³/mol. The van der Waals surface area contributed by atoms with E-state index in [2.05, 4.69) is 31.1 Å². The Morgan fingerprint density at radius 1 is 1.24 bits per heavy atom. The molecule has 1 aromatic carbocycles. The average molecular weight is 305 g/mol. The van der Waals surface area contributed by atoms with Crippen LogP contribution in [0.5, 0.6) is 11.6 Å². The molecule has 0 aliphatic carbocycles. The second-order valence-electron chi connectivity index (χ2n) is 6.11. The number of pyridine rings is 1. The Morgan fingerprint density at radius 3 is 2.71 bits per heavy atom. The minimum Gasteiger partial charge on any atom is -0.437 e. The molecule has 0 aliphatic rings. The van der Waals surface area contributed by atoms with Gasteiger partial charge in [0.1, 0.15) is 5.75 Å². The zero-order valence-electron chi connectivity index (χ0n) is 12.9. The molecule has 21 heavy (non-hydrogen) atoms. The van der Waals surface area contributed by atoms with Gasteiger partial charge in [-0.1, -0.05) is 23.7 Å². The van der Waals surface area contributed by atoms with E-state index in [9.17, 15) is 0 Å². The maximum Gasteiger partial charge on any atom is 0.223 e. The van der Waals surface area contributed by atoms with Gasteiger partial charge in [0.05, 0.1) is 5.02 Å². The third kappa shape index (κ3) is 4.73. The molecular formula is C17H21ClN2O. The van der Waals surface area contributed by atoms with Crippen molar-refractivity contribution in [3.63, 3.8) is 0 Å². The summed E-state index contributed by atoms with van der Waals surface area (Å²) >= 11 is 6.18. The molecule has 0 atom stereocenters. The molecule has 0 saturated carbocycles. The lowest BCUT2D eigenvalue weighted by molar-refractivity contribution is 0.409. The third-order valence-electron chi connectivity index (χ3n) is 2.95. The molecule has 0 fully saturated rings. The predicted octanol–water partition coefficient (Wildman–Crippen LogP) is 4.72. The summed E-state index contributed by atoms with van der Waals surface area (Å²) in [7, 11) is 0. The number of hydrogen-bond acceptors (Lipinski definition) is 3. The van der Waals surface area contributed by atoms with Crippen molar-refractivity contribution in [3.05, 3.63) is 52.7 Å². The summed E-state index contributed by atoms with van der Waals surface area (Å²) in [6, 6.07) is 9.62. The molecule has 1 heterocycles. The van der Waals surface area contributed by atoms with Crippen molar-refractivity contribution < 1.29 is 4.74 Å². The molecule has 0 saturated heterocycles. The smallest absolute Gasteiger partial charge is 0.223 e. The number of hydrogen-bond donors (Lipinski definition) is 1. The molecule has 0 spiro atoms. The van der Waals surface area contributed by atoms with Crippen LogP contribution in [0.4, 0.5) is 0 Å². The topological polar surface area (TPSA) is 34.1 Å². The first-order chi connectivity index (χ1) is 9.85. The highest BCUT2D eigenvalue weighted by atomic mass is 35.5. The first-order valence-electron chi connectivity index (χ1n) is 6.98. The first-order valence-corrected chi connectivity index (χ1v) is 7.36. The van der Waals surface area contributed by atoms with Gasteiger partial charge in [-0.2, -0.15) is 0 Å². The Labute approximate surface area is 131 Å². The van der Waals surface area contributed by atoms with E-state index in [1.807, 2.05) is 37.3 Å². The first kappa shape index (κ1) is 15.8. The van der Waals surface area contributed by atoms with Crippen molar-refractivity contribution in [2.45, 2.75) is 39.8 Å². The van der Waals surface area contributed by atoms with Gasteiger partial charge in [0.25, 0.3) is 0 Å². The standard InChI is InChI=1S/C17H21ClN2O/c1-12-7-8-14(18)15(10-12)21-16-13(6-5-9-19-16)11-20-17(2,3)4/h5-10,20H,11H2,1-4H3. The van der Waals surface area contributed by atoms with E-state index in [4.69, 9.17) is 16.3 Å². The van der Waals surface area contributed by atoms with Crippen LogP contribution in [-0.2, 0) is 6.54 Å². The van der Waals surface area contributed by atoms with Crippen LogP contribution in [0.25, 0.3) is 0 Å². The highest BCUT2D eigenvalue weighted by molar-refractivity contribution is 6.32. The number of benzene rings is 1. The summed E-state index contributed by atoms with van der Waals surface area (Å²) in [6.45, 7) is 9.07.